The highest BCUT2D eigenvalue weighted by molar-refractivity contribution is 7.92. The van der Waals surface area contributed by atoms with Crippen molar-refractivity contribution in [2.45, 2.75) is 18.4 Å². The molecule has 172 valence electrons. The molecule has 1 aromatic heterocycles. The molecule has 0 atom stereocenters. The Hall–Kier alpha value is -3.43. The quantitative estimate of drug-likeness (QED) is 0.557. The van der Waals surface area contributed by atoms with Gasteiger partial charge in [-0.05, 0) is 54.1 Å². The summed E-state index contributed by atoms with van der Waals surface area (Å²) >= 11 is 0. The van der Waals surface area contributed by atoms with Crippen molar-refractivity contribution >= 4 is 33.1 Å². The fourth-order valence-electron chi connectivity index (χ4n) is 3.75. The molecular formula is C24H27N5O3S. The molecule has 1 fully saturated rings. The van der Waals surface area contributed by atoms with Gasteiger partial charge in [-0.15, -0.1) is 0 Å². The van der Waals surface area contributed by atoms with E-state index in [-0.39, 0.29) is 10.8 Å². The number of pyridine rings is 1. The van der Waals surface area contributed by atoms with Gasteiger partial charge in [0.25, 0.3) is 10.0 Å². The van der Waals surface area contributed by atoms with E-state index in [9.17, 15) is 13.2 Å². The Morgan fingerprint density at radius 3 is 2.18 bits per heavy atom. The minimum Gasteiger partial charge on any atom is -0.354 e. The number of aromatic nitrogens is 1. The van der Waals surface area contributed by atoms with Crippen molar-refractivity contribution in [3.05, 3.63) is 78.5 Å². The average Bonchev–Trinajstić information content (AvgIpc) is 2.81. The molecule has 33 heavy (non-hydrogen) atoms. The molecule has 1 aliphatic heterocycles. The molecule has 1 aliphatic rings. The zero-order chi connectivity index (χ0) is 23.3. The van der Waals surface area contributed by atoms with Gasteiger partial charge in [-0.1, -0.05) is 18.2 Å². The third-order valence-corrected chi connectivity index (χ3v) is 6.84. The molecule has 0 bridgehead atoms. The van der Waals surface area contributed by atoms with Gasteiger partial charge < -0.3 is 10.2 Å². The molecule has 4 rings (SSSR count). The van der Waals surface area contributed by atoms with Crippen LogP contribution < -0.4 is 14.9 Å². The van der Waals surface area contributed by atoms with E-state index >= 15 is 0 Å². The van der Waals surface area contributed by atoms with Gasteiger partial charge in [-0.25, -0.2) is 13.4 Å². The number of benzene rings is 2. The fourth-order valence-corrected chi connectivity index (χ4v) is 4.81. The average molecular weight is 466 g/mol. The van der Waals surface area contributed by atoms with Crippen LogP contribution in [0.3, 0.4) is 0 Å². The predicted octanol–water partition coefficient (Wildman–Crippen LogP) is 3.16. The lowest BCUT2D eigenvalue weighted by atomic mass is 10.2. The van der Waals surface area contributed by atoms with Crippen molar-refractivity contribution in [3.8, 4) is 0 Å². The van der Waals surface area contributed by atoms with E-state index in [0.717, 1.165) is 44.1 Å². The Kier molecular flexibility index (Phi) is 6.90. The lowest BCUT2D eigenvalue weighted by Gasteiger charge is -2.35. The van der Waals surface area contributed by atoms with Gasteiger partial charge in [0.15, 0.2) is 0 Å². The van der Waals surface area contributed by atoms with E-state index in [2.05, 4.69) is 24.8 Å². The van der Waals surface area contributed by atoms with Crippen LogP contribution in [0.25, 0.3) is 0 Å². The first-order valence-corrected chi connectivity index (χ1v) is 12.3. The minimum absolute atomic E-state index is 0.131. The molecule has 8 nitrogen and oxygen atoms in total. The van der Waals surface area contributed by atoms with Crippen LogP contribution in [-0.4, -0.2) is 50.4 Å². The van der Waals surface area contributed by atoms with Gasteiger partial charge in [0.2, 0.25) is 5.91 Å². The SMILES string of the molecule is CC(=O)Nc1ccc(S(=O)(=O)Nc2ccc(CN3CCN(c4ccccn4)CC3)cc2)cc1. The van der Waals surface area contributed by atoms with Crippen molar-refractivity contribution in [2.75, 3.05) is 41.1 Å². The highest BCUT2D eigenvalue weighted by Crippen LogP contribution is 2.20. The number of carbonyl (C=O) groups excluding carboxylic acids is 1. The number of nitrogens with one attached hydrogen (secondary N) is 2. The third-order valence-electron chi connectivity index (χ3n) is 5.44. The Labute approximate surface area is 194 Å². The van der Waals surface area contributed by atoms with Crippen molar-refractivity contribution in [1.29, 1.82) is 0 Å². The van der Waals surface area contributed by atoms with Gasteiger partial charge in [-0.2, -0.15) is 0 Å². The second kappa shape index (κ2) is 10.0. The van der Waals surface area contributed by atoms with E-state index < -0.39 is 10.0 Å². The van der Waals surface area contributed by atoms with Crippen LogP contribution >= 0.6 is 0 Å². The Bertz CT molecular complexity index is 1180. The Balaban J connectivity index is 1.31. The summed E-state index contributed by atoms with van der Waals surface area (Å²) in [6, 6.07) is 19.5. The Morgan fingerprint density at radius 2 is 1.58 bits per heavy atom. The number of amides is 1. The van der Waals surface area contributed by atoms with E-state index in [1.54, 1.807) is 24.3 Å². The summed E-state index contributed by atoms with van der Waals surface area (Å²) in [5.41, 5.74) is 2.18. The number of nitrogens with zero attached hydrogens (tertiary/aromatic N) is 3. The normalized spacial score (nSPS) is 14.6. The van der Waals surface area contributed by atoms with Crippen molar-refractivity contribution in [1.82, 2.24) is 9.88 Å². The summed E-state index contributed by atoms with van der Waals surface area (Å²) in [6.07, 6.45) is 1.82. The standard InChI is InChI=1S/C24H27N5O3S/c1-19(30)26-21-9-11-23(12-10-21)33(31,32)27-22-7-5-20(6-8-22)18-28-14-16-29(17-15-28)24-4-2-3-13-25-24/h2-13,27H,14-18H2,1H3,(H,26,30). The molecule has 0 radical (unpaired) electrons. The molecule has 9 heteroatoms. The summed E-state index contributed by atoms with van der Waals surface area (Å²) < 4.78 is 27.9. The summed E-state index contributed by atoms with van der Waals surface area (Å²) in [5, 5.41) is 2.62. The first-order valence-electron chi connectivity index (χ1n) is 10.8. The van der Waals surface area contributed by atoms with Crippen LogP contribution in [0.15, 0.2) is 77.8 Å². The van der Waals surface area contributed by atoms with Gasteiger partial charge in [0.05, 0.1) is 4.90 Å². The monoisotopic (exact) mass is 465 g/mol. The maximum atomic E-state index is 12.7. The maximum Gasteiger partial charge on any atom is 0.261 e. The van der Waals surface area contributed by atoms with Crippen LogP contribution in [0.5, 0.6) is 0 Å². The van der Waals surface area contributed by atoms with Crippen molar-refractivity contribution < 1.29 is 13.2 Å². The number of hydrogen-bond donors (Lipinski definition) is 2. The Morgan fingerprint density at radius 1 is 0.909 bits per heavy atom. The van der Waals surface area contributed by atoms with Crippen LogP contribution in [0.1, 0.15) is 12.5 Å². The van der Waals surface area contributed by atoms with Crippen LogP contribution in [0, 0.1) is 0 Å². The van der Waals surface area contributed by atoms with E-state index in [1.807, 2.05) is 36.5 Å². The number of anilines is 3. The maximum absolute atomic E-state index is 12.7. The topological polar surface area (TPSA) is 94.6 Å². The molecule has 1 saturated heterocycles. The molecular weight excluding hydrogens is 438 g/mol. The molecule has 0 aliphatic carbocycles. The largest absolute Gasteiger partial charge is 0.354 e. The lowest BCUT2D eigenvalue weighted by molar-refractivity contribution is -0.114. The van der Waals surface area contributed by atoms with Crippen LogP contribution in [0.2, 0.25) is 0 Å². The first-order chi connectivity index (χ1) is 15.9. The number of rotatable bonds is 7. The minimum atomic E-state index is -3.72. The van der Waals surface area contributed by atoms with Gasteiger partial charge in [0, 0.05) is 57.2 Å². The highest BCUT2D eigenvalue weighted by Gasteiger charge is 2.18. The van der Waals surface area contributed by atoms with Crippen LogP contribution in [0.4, 0.5) is 17.2 Å². The van der Waals surface area contributed by atoms with Gasteiger partial charge in [0.1, 0.15) is 5.82 Å². The second-order valence-corrected chi connectivity index (χ2v) is 9.64. The van der Waals surface area contributed by atoms with E-state index in [4.69, 9.17) is 0 Å². The second-order valence-electron chi connectivity index (χ2n) is 7.96. The molecule has 2 heterocycles. The van der Waals surface area contributed by atoms with Crippen molar-refractivity contribution in [3.63, 3.8) is 0 Å². The molecule has 0 spiro atoms. The molecule has 2 aromatic carbocycles. The summed E-state index contributed by atoms with van der Waals surface area (Å²) in [4.78, 5) is 20.3. The number of hydrogen-bond acceptors (Lipinski definition) is 6. The van der Waals surface area contributed by atoms with Gasteiger partial charge >= 0.3 is 0 Å². The summed E-state index contributed by atoms with van der Waals surface area (Å²) in [7, 11) is -3.72. The smallest absolute Gasteiger partial charge is 0.261 e. The van der Waals surface area contributed by atoms with Gasteiger partial charge in [-0.3, -0.25) is 14.4 Å². The summed E-state index contributed by atoms with van der Waals surface area (Å²) in [6.45, 7) is 5.95. The molecule has 1 amide bonds. The predicted molar refractivity (Wildman–Crippen MR) is 130 cm³/mol. The van der Waals surface area contributed by atoms with E-state index in [0.29, 0.717) is 11.4 Å². The number of piperazine rings is 1. The number of carbonyl (C=O) groups is 1. The third kappa shape index (κ3) is 6.09. The molecule has 3 aromatic rings. The summed E-state index contributed by atoms with van der Waals surface area (Å²) in [5.74, 6) is 0.803. The highest BCUT2D eigenvalue weighted by atomic mass is 32.2. The zero-order valence-electron chi connectivity index (χ0n) is 18.4. The zero-order valence-corrected chi connectivity index (χ0v) is 19.3. The molecule has 0 saturated carbocycles. The number of sulfonamides is 1. The van der Waals surface area contributed by atoms with Crippen molar-refractivity contribution in [2.24, 2.45) is 0 Å². The van der Waals surface area contributed by atoms with E-state index in [1.165, 1.54) is 19.1 Å². The van der Waals surface area contributed by atoms with Crippen LogP contribution in [-0.2, 0) is 21.4 Å². The first kappa shape index (κ1) is 22.8. The fraction of sp³-hybridized carbons (Fsp3) is 0.250. The molecule has 2 N–H and O–H groups in total. The lowest BCUT2D eigenvalue weighted by Crippen LogP contribution is -2.46. The molecule has 0 unspecified atom stereocenters.